The van der Waals surface area contributed by atoms with E-state index in [1.54, 1.807) is 18.2 Å². The zero-order valence-corrected chi connectivity index (χ0v) is 15.9. The maximum absolute atomic E-state index is 14.6. The molecule has 2 aromatic rings. The van der Waals surface area contributed by atoms with E-state index in [4.69, 9.17) is 0 Å². The Labute approximate surface area is 154 Å². The highest BCUT2D eigenvalue weighted by Crippen LogP contribution is 2.34. The molecule has 3 rings (SSSR count). The molecule has 1 saturated carbocycles. The number of rotatable bonds is 6. The van der Waals surface area contributed by atoms with E-state index in [2.05, 4.69) is 6.92 Å². The summed E-state index contributed by atoms with van der Waals surface area (Å²) in [7, 11) is 0. The van der Waals surface area contributed by atoms with Crippen molar-refractivity contribution in [3.8, 4) is 0 Å². The van der Waals surface area contributed by atoms with Gasteiger partial charge in [0.25, 0.3) is 0 Å². The zero-order valence-electron chi connectivity index (χ0n) is 15.9. The van der Waals surface area contributed by atoms with Crippen LogP contribution in [0.5, 0.6) is 0 Å². The third-order valence-electron chi connectivity index (χ3n) is 6.16. The van der Waals surface area contributed by atoms with Crippen LogP contribution in [-0.2, 0) is 12.8 Å². The van der Waals surface area contributed by atoms with Gasteiger partial charge in [0.2, 0.25) is 0 Å². The third-order valence-corrected chi connectivity index (χ3v) is 6.16. The second-order valence-electron chi connectivity index (χ2n) is 7.88. The molecule has 0 saturated heterocycles. The lowest BCUT2D eigenvalue weighted by Crippen LogP contribution is -2.14. The Balaban J connectivity index is 1.79. The molecular formula is C23H29F3. The molecule has 0 atom stereocenters. The lowest BCUT2D eigenvalue weighted by atomic mass is 9.78. The van der Waals surface area contributed by atoms with E-state index in [-0.39, 0.29) is 5.39 Å². The standard InChI is InChI=1S/C23H29F3/c1-3-5-17-12-13-18-14-19(22(25)23(26)20(18)21(17)24)11-10-16-8-6-15(4-2)7-9-16/h12-16H,3-11H2,1-2H3. The van der Waals surface area contributed by atoms with Gasteiger partial charge in [-0.15, -0.1) is 0 Å². The average molecular weight is 362 g/mol. The van der Waals surface area contributed by atoms with Crippen LogP contribution in [0.25, 0.3) is 10.8 Å². The first-order chi connectivity index (χ1) is 12.5. The topological polar surface area (TPSA) is 0 Å². The van der Waals surface area contributed by atoms with E-state index >= 15 is 0 Å². The van der Waals surface area contributed by atoms with Crippen LogP contribution in [0.15, 0.2) is 18.2 Å². The molecule has 1 aliphatic rings. The SMILES string of the molecule is CCCc1ccc2cc(CCC3CCC(CC)CC3)c(F)c(F)c2c1F. The average Bonchev–Trinajstić information content (AvgIpc) is 2.66. The van der Waals surface area contributed by atoms with Gasteiger partial charge < -0.3 is 0 Å². The van der Waals surface area contributed by atoms with Crippen molar-refractivity contribution in [2.45, 2.75) is 71.6 Å². The summed E-state index contributed by atoms with van der Waals surface area (Å²) in [4.78, 5) is 0. The Hall–Kier alpha value is -1.51. The summed E-state index contributed by atoms with van der Waals surface area (Å²) in [5.41, 5.74) is 0.842. The number of hydrogen-bond donors (Lipinski definition) is 0. The summed E-state index contributed by atoms with van der Waals surface area (Å²) >= 11 is 0. The van der Waals surface area contributed by atoms with Gasteiger partial charge in [0.15, 0.2) is 11.6 Å². The maximum Gasteiger partial charge on any atom is 0.169 e. The van der Waals surface area contributed by atoms with Crippen molar-refractivity contribution in [3.63, 3.8) is 0 Å². The molecule has 1 fully saturated rings. The largest absolute Gasteiger partial charge is 0.206 e. The molecule has 0 N–H and O–H groups in total. The van der Waals surface area contributed by atoms with Gasteiger partial charge in [0.05, 0.1) is 5.39 Å². The van der Waals surface area contributed by atoms with E-state index in [0.29, 0.717) is 35.3 Å². The highest BCUT2D eigenvalue weighted by Gasteiger charge is 2.22. The Morgan fingerprint density at radius 1 is 0.808 bits per heavy atom. The normalized spacial score (nSPS) is 20.7. The quantitative estimate of drug-likeness (QED) is 0.503. The van der Waals surface area contributed by atoms with Gasteiger partial charge in [-0.05, 0) is 53.7 Å². The zero-order chi connectivity index (χ0) is 18.7. The minimum atomic E-state index is -1.03. The highest BCUT2D eigenvalue weighted by molar-refractivity contribution is 5.85. The maximum atomic E-state index is 14.6. The predicted molar refractivity (Wildman–Crippen MR) is 102 cm³/mol. The number of aryl methyl sites for hydroxylation is 2. The van der Waals surface area contributed by atoms with Crippen LogP contribution < -0.4 is 0 Å². The van der Waals surface area contributed by atoms with Crippen molar-refractivity contribution in [1.29, 1.82) is 0 Å². The van der Waals surface area contributed by atoms with Crippen LogP contribution >= 0.6 is 0 Å². The fourth-order valence-corrected chi connectivity index (χ4v) is 4.41. The summed E-state index contributed by atoms with van der Waals surface area (Å²) in [5, 5.41) is 0.270. The monoisotopic (exact) mass is 362 g/mol. The first-order valence-electron chi connectivity index (χ1n) is 10.1. The molecule has 0 aliphatic heterocycles. The van der Waals surface area contributed by atoms with Gasteiger partial charge in [-0.1, -0.05) is 64.5 Å². The van der Waals surface area contributed by atoms with Gasteiger partial charge >= 0.3 is 0 Å². The van der Waals surface area contributed by atoms with E-state index in [1.807, 2.05) is 6.92 Å². The minimum absolute atomic E-state index is 0.194. The van der Waals surface area contributed by atoms with Crippen molar-refractivity contribution in [2.75, 3.05) is 0 Å². The van der Waals surface area contributed by atoms with Crippen molar-refractivity contribution >= 4 is 10.8 Å². The number of halogens is 3. The lowest BCUT2D eigenvalue weighted by Gasteiger charge is -2.27. The first kappa shape index (κ1) is 19.3. The number of fused-ring (bicyclic) bond motifs is 1. The van der Waals surface area contributed by atoms with Crippen molar-refractivity contribution in [3.05, 3.63) is 46.8 Å². The lowest BCUT2D eigenvalue weighted by molar-refractivity contribution is 0.258. The van der Waals surface area contributed by atoms with E-state index in [0.717, 1.165) is 18.8 Å². The Morgan fingerprint density at radius 3 is 2.15 bits per heavy atom. The minimum Gasteiger partial charge on any atom is -0.206 e. The number of hydrogen-bond acceptors (Lipinski definition) is 0. The van der Waals surface area contributed by atoms with E-state index < -0.39 is 17.5 Å². The summed E-state index contributed by atoms with van der Waals surface area (Å²) < 4.78 is 43.7. The molecular weight excluding hydrogens is 333 g/mol. The van der Waals surface area contributed by atoms with Gasteiger partial charge in [-0.25, -0.2) is 13.2 Å². The van der Waals surface area contributed by atoms with Gasteiger partial charge in [-0.3, -0.25) is 0 Å². The summed E-state index contributed by atoms with van der Waals surface area (Å²) in [5.74, 6) is -1.07. The molecule has 0 bridgehead atoms. The Morgan fingerprint density at radius 2 is 1.50 bits per heavy atom. The summed E-state index contributed by atoms with van der Waals surface area (Å²) in [6.07, 6.45) is 8.82. The Bertz CT molecular complexity index is 758. The molecule has 0 nitrogen and oxygen atoms in total. The second-order valence-corrected chi connectivity index (χ2v) is 7.88. The van der Waals surface area contributed by atoms with Gasteiger partial charge in [-0.2, -0.15) is 0 Å². The predicted octanol–water partition coefficient (Wildman–Crippen LogP) is 7.36. The van der Waals surface area contributed by atoms with Crippen LogP contribution in [0.3, 0.4) is 0 Å². The Kier molecular flexibility index (Phi) is 6.26. The molecule has 0 amide bonds. The van der Waals surface area contributed by atoms with Crippen LogP contribution in [0.1, 0.15) is 69.9 Å². The summed E-state index contributed by atoms with van der Waals surface area (Å²) in [6.45, 7) is 4.18. The second kappa shape index (κ2) is 8.45. The van der Waals surface area contributed by atoms with Crippen LogP contribution in [-0.4, -0.2) is 0 Å². The van der Waals surface area contributed by atoms with Crippen LogP contribution in [0.4, 0.5) is 13.2 Å². The highest BCUT2D eigenvalue weighted by atomic mass is 19.2. The van der Waals surface area contributed by atoms with E-state index in [1.165, 1.54) is 32.1 Å². The fourth-order valence-electron chi connectivity index (χ4n) is 4.41. The van der Waals surface area contributed by atoms with Crippen LogP contribution in [0, 0.1) is 29.3 Å². The molecule has 3 heteroatoms. The number of benzene rings is 2. The molecule has 2 aromatic carbocycles. The molecule has 0 unspecified atom stereocenters. The molecule has 0 radical (unpaired) electrons. The molecule has 1 aliphatic carbocycles. The van der Waals surface area contributed by atoms with E-state index in [9.17, 15) is 13.2 Å². The van der Waals surface area contributed by atoms with Crippen molar-refractivity contribution in [1.82, 2.24) is 0 Å². The molecule has 142 valence electrons. The van der Waals surface area contributed by atoms with Crippen molar-refractivity contribution < 1.29 is 13.2 Å². The third kappa shape index (κ3) is 3.92. The fraction of sp³-hybridized carbons (Fsp3) is 0.565. The summed E-state index contributed by atoms with van der Waals surface area (Å²) in [6, 6.07) is 5.07. The molecule has 0 heterocycles. The van der Waals surface area contributed by atoms with Crippen molar-refractivity contribution in [2.24, 2.45) is 11.8 Å². The van der Waals surface area contributed by atoms with Gasteiger partial charge in [0.1, 0.15) is 5.82 Å². The molecule has 0 spiro atoms. The smallest absolute Gasteiger partial charge is 0.169 e. The van der Waals surface area contributed by atoms with Crippen LogP contribution in [0.2, 0.25) is 0 Å². The molecule has 26 heavy (non-hydrogen) atoms. The van der Waals surface area contributed by atoms with Gasteiger partial charge in [0, 0.05) is 0 Å². The molecule has 0 aromatic heterocycles. The first-order valence-corrected chi connectivity index (χ1v) is 10.1.